The van der Waals surface area contributed by atoms with Gasteiger partial charge in [-0.15, -0.1) is 0 Å². The Balaban J connectivity index is 2.21. The molecule has 0 amide bonds. The average molecular weight is 274 g/mol. The highest BCUT2D eigenvalue weighted by atomic mass is 19.1. The van der Waals surface area contributed by atoms with E-state index < -0.39 is 0 Å². The molecule has 1 aromatic carbocycles. The van der Waals surface area contributed by atoms with Crippen molar-refractivity contribution in [2.45, 2.75) is 39.7 Å². The first-order chi connectivity index (χ1) is 9.41. The highest BCUT2D eigenvalue weighted by Gasteiger charge is 2.34. The molecule has 0 radical (unpaired) electrons. The molecule has 0 N–H and O–H groups in total. The molecule has 1 aliphatic heterocycles. The Morgan fingerprint density at radius 1 is 1.20 bits per heavy atom. The van der Waals surface area contributed by atoms with E-state index in [0.29, 0.717) is 0 Å². The molecule has 2 rings (SSSR count). The van der Waals surface area contributed by atoms with Gasteiger partial charge in [0.15, 0.2) is 0 Å². The van der Waals surface area contributed by atoms with E-state index in [1.807, 2.05) is 12.1 Å². The molecule has 3 heteroatoms. The predicted molar refractivity (Wildman–Crippen MR) is 78.5 cm³/mol. The van der Waals surface area contributed by atoms with E-state index in [-0.39, 0.29) is 23.2 Å². The summed E-state index contributed by atoms with van der Waals surface area (Å²) in [5.41, 5.74) is 1.24. The summed E-state index contributed by atoms with van der Waals surface area (Å²) in [6.07, 6.45) is 1.87. The lowest BCUT2D eigenvalue weighted by Gasteiger charge is -2.43. The Morgan fingerprint density at radius 3 is 2.20 bits per heavy atom. The molecule has 0 spiro atoms. The molecular weight excluding hydrogens is 251 g/mol. The van der Waals surface area contributed by atoms with Gasteiger partial charge in [-0.2, -0.15) is 5.26 Å². The van der Waals surface area contributed by atoms with Gasteiger partial charge in [0.1, 0.15) is 5.82 Å². The summed E-state index contributed by atoms with van der Waals surface area (Å²) in [6.45, 7) is 8.54. The van der Waals surface area contributed by atoms with Crippen molar-refractivity contribution in [3.8, 4) is 6.07 Å². The van der Waals surface area contributed by atoms with Gasteiger partial charge in [-0.25, -0.2) is 4.39 Å². The molecule has 1 saturated heterocycles. The van der Waals surface area contributed by atoms with Crippen LogP contribution >= 0.6 is 0 Å². The van der Waals surface area contributed by atoms with Gasteiger partial charge in [-0.1, -0.05) is 32.9 Å². The largest absolute Gasteiger partial charge is 0.296 e. The molecule has 2 nitrogen and oxygen atoms in total. The molecule has 1 aromatic rings. The standard InChI is InChI=1S/C17H23FN2/c1-17(2,3)16(14-4-6-15(18)7-5-14)20-10-8-13(12-19)9-11-20/h4-7,13,16H,8-11H2,1-3H3. The average Bonchev–Trinajstić information content (AvgIpc) is 2.41. The zero-order valence-corrected chi connectivity index (χ0v) is 12.6. The molecule has 108 valence electrons. The van der Waals surface area contributed by atoms with Crippen LogP contribution in [0, 0.1) is 28.5 Å². The van der Waals surface area contributed by atoms with E-state index in [0.717, 1.165) is 31.5 Å². The molecular formula is C17H23FN2. The molecule has 1 unspecified atom stereocenters. The van der Waals surface area contributed by atoms with Crippen molar-refractivity contribution >= 4 is 0 Å². The third-order valence-corrected chi connectivity index (χ3v) is 4.08. The van der Waals surface area contributed by atoms with Crippen molar-refractivity contribution in [1.29, 1.82) is 5.26 Å². The normalized spacial score (nSPS) is 19.6. The summed E-state index contributed by atoms with van der Waals surface area (Å²) in [7, 11) is 0. The number of nitriles is 1. The predicted octanol–water partition coefficient (Wildman–Crippen LogP) is 4.15. The second kappa shape index (κ2) is 5.93. The molecule has 1 heterocycles. The zero-order valence-electron chi connectivity index (χ0n) is 12.6. The van der Waals surface area contributed by atoms with Crippen molar-refractivity contribution in [1.82, 2.24) is 4.90 Å². The van der Waals surface area contributed by atoms with E-state index in [2.05, 4.69) is 31.7 Å². The van der Waals surface area contributed by atoms with E-state index in [1.54, 1.807) is 0 Å². The first-order valence-electron chi connectivity index (χ1n) is 7.31. The summed E-state index contributed by atoms with van der Waals surface area (Å²) in [5, 5.41) is 9.01. The van der Waals surface area contributed by atoms with Crippen LogP contribution in [0.25, 0.3) is 0 Å². The van der Waals surface area contributed by atoms with Crippen LogP contribution in [-0.4, -0.2) is 18.0 Å². The quantitative estimate of drug-likeness (QED) is 0.810. The lowest BCUT2D eigenvalue weighted by atomic mass is 9.80. The summed E-state index contributed by atoms with van der Waals surface area (Å²) < 4.78 is 13.1. The van der Waals surface area contributed by atoms with E-state index in [4.69, 9.17) is 5.26 Å². The molecule has 0 aromatic heterocycles. The number of hydrogen-bond donors (Lipinski definition) is 0. The molecule has 0 saturated carbocycles. The van der Waals surface area contributed by atoms with Gasteiger partial charge in [0.25, 0.3) is 0 Å². The number of nitrogens with zero attached hydrogens (tertiary/aromatic N) is 2. The van der Waals surface area contributed by atoms with Crippen LogP contribution in [0.4, 0.5) is 4.39 Å². The van der Waals surface area contributed by atoms with Crippen LogP contribution in [0.5, 0.6) is 0 Å². The smallest absolute Gasteiger partial charge is 0.123 e. The van der Waals surface area contributed by atoms with Crippen molar-refractivity contribution < 1.29 is 4.39 Å². The fourth-order valence-electron chi connectivity index (χ4n) is 3.19. The van der Waals surface area contributed by atoms with Crippen LogP contribution in [0.15, 0.2) is 24.3 Å². The lowest BCUT2D eigenvalue weighted by Crippen LogP contribution is -2.41. The molecule has 1 aliphatic rings. The third-order valence-electron chi connectivity index (χ3n) is 4.08. The van der Waals surface area contributed by atoms with Gasteiger partial charge in [-0.05, 0) is 36.0 Å². The lowest BCUT2D eigenvalue weighted by molar-refractivity contribution is 0.0708. The maximum absolute atomic E-state index is 13.1. The monoisotopic (exact) mass is 274 g/mol. The summed E-state index contributed by atoms with van der Waals surface area (Å²) >= 11 is 0. The number of rotatable bonds is 2. The van der Waals surface area contributed by atoms with Gasteiger partial charge in [0.2, 0.25) is 0 Å². The number of benzene rings is 1. The second-order valence-electron chi connectivity index (χ2n) is 6.76. The van der Waals surface area contributed by atoms with Gasteiger partial charge < -0.3 is 0 Å². The van der Waals surface area contributed by atoms with Crippen molar-refractivity contribution in [2.24, 2.45) is 11.3 Å². The maximum Gasteiger partial charge on any atom is 0.123 e. The first kappa shape index (κ1) is 15.0. The SMILES string of the molecule is CC(C)(C)C(c1ccc(F)cc1)N1CCC(C#N)CC1. The van der Waals surface area contributed by atoms with Crippen LogP contribution in [-0.2, 0) is 0 Å². The number of halogens is 1. The van der Waals surface area contributed by atoms with Crippen LogP contribution in [0.2, 0.25) is 0 Å². The van der Waals surface area contributed by atoms with Crippen LogP contribution in [0.3, 0.4) is 0 Å². The molecule has 0 aliphatic carbocycles. The minimum absolute atomic E-state index is 0.0807. The Morgan fingerprint density at radius 2 is 1.75 bits per heavy atom. The number of piperidine rings is 1. The third kappa shape index (κ3) is 3.37. The van der Waals surface area contributed by atoms with Gasteiger partial charge in [0.05, 0.1) is 6.07 Å². The van der Waals surface area contributed by atoms with Gasteiger partial charge in [0, 0.05) is 25.0 Å². The highest BCUT2D eigenvalue weighted by Crippen LogP contribution is 2.39. The molecule has 1 fully saturated rings. The number of likely N-dealkylation sites (tertiary alicyclic amines) is 1. The van der Waals surface area contributed by atoms with E-state index in [1.165, 1.54) is 12.1 Å². The molecule has 20 heavy (non-hydrogen) atoms. The Bertz CT molecular complexity index is 473. The van der Waals surface area contributed by atoms with Crippen molar-refractivity contribution in [3.63, 3.8) is 0 Å². The van der Waals surface area contributed by atoms with Crippen LogP contribution in [0.1, 0.15) is 45.2 Å². The highest BCUT2D eigenvalue weighted by molar-refractivity contribution is 5.22. The fourth-order valence-corrected chi connectivity index (χ4v) is 3.19. The Hall–Kier alpha value is -1.40. The topological polar surface area (TPSA) is 27.0 Å². The maximum atomic E-state index is 13.1. The number of hydrogen-bond acceptors (Lipinski definition) is 2. The Kier molecular flexibility index (Phi) is 4.45. The summed E-state index contributed by atoms with van der Waals surface area (Å²) in [6, 6.07) is 9.50. The van der Waals surface area contributed by atoms with E-state index >= 15 is 0 Å². The Labute approximate surface area is 121 Å². The summed E-state index contributed by atoms with van der Waals surface area (Å²) in [4.78, 5) is 2.45. The second-order valence-corrected chi connectivity index (χ2v) is 6.76. The summed E-state index contributed by atoms with van der Waals surface area (Å²) in [5.74, 6) is 0.00434. The van der Waals surface area contributed by atoms with E-state index in [9.17, 15) is 4.39 Å². The first-order valence-corrected chi connectivity index (χ1v) is 7.31. The van der Waals surface area contributed by atoms with Crippen molar-refractivity contribution in [2.75, 3.05) is 13.1 Å². The zero-order chi connectivity index (χ0) is 14.8. The van der Waals surface area contributed by atoms with Crippen molar-refractivity contribution in [3.05, 3.63) is 35.6 Å². The molecule has 1 atom stereocenters. The van der Waals surface area contributed by atoms with Crippen LogP contribution < -0.4 is 0 Å². The minimum atomic E-state index is -0.190. The fraction of sp³-hybridized carbons (Fsp3) is 0.588. The van der Waals surface area contributed by atoms with Gasteiger partial charge >= 0.3 is 0 Å². The molecule has 0 bridgehead atoms. The minimum Gasteiger partial charge on any atom is -0.296 e. The van der Waals surface area contributed by atoms with Gasteiger partial charge in [-0.3, -0.25) is 4.90 Å².